The molecule has 2 heterocycles. The maximum absolute atomic E-state index is 13.8. The van der Waals surface area contributed by atoms with Crippen LogP contribution in [0.4, 0.5) is 14.5 Å². The van der Waals surface area contributed by atoms with Crippen LogP contribution >= 0.6 is 0 Å². The van der Waals surface area contributed by atoms with Gasteiger partial charge in [-0.05, 0) is 31.4 Å². The molecule has 5 nitrogen and oxygen atoms in total. The maximum Gasteiger partial charge on any atom is 0.249 e. The summed E-state index contributed by atoms with van der Waals surface area (Å²) in [6.45, 7) is 1.30. The van der Waals surface area contributed by atoms with Crippen molar-refractivity contribution in [2.24, 2.45) is 5.73 Å². The topological polar surface area (TPSA) is 67.6 Å². The molecule has 2 aliphatic rings. The van der Waals surface area contributed by atoms with Gasteiger partial charge in [-0.15, -0.1) is 0 Å². The van der Waals surface area contributed by atoms with Gasteiger partial charge in [0.25, 0.3) is 0 Å². The SMILES string of the molecule is NC[C@H]1CC[C@@H](C(=O)NC2CCN(c3c(F)cccc3F)C2)O1. The zero-order chi connectivity index (χ0) is 16.4. The predicted molar refractivity (Wildman–Crippen MR) is 82.1 cm³/mol. The van der Waals surface area contributed by atoms with Gasteiger partial charge in [-0.2, -0.15) is 0 Å². The number of hydrogen-bond donors (Lipinski definition) is 2. The molecule has 7 heteroatoms. The zero-order valence-corrected chi connectivity index (χ0v) is 12.8. The third kappa shape index (κ3) is 3.45. The standard InChI is InChI=1S/C16H21F2N3O2/c17-12-2-1-3-13(18)15(12)21-7-6-10(9-21)20-16(22)14-5-4-11(8-19)23-14/h1-3,10-11,14H,4-9,19H2,(H,20,22)/t10?,11-,14+/m1/s1. The second-order valence-electron chi connectivity index (χ2n) is 6.07. The summed E-state index contributed by atoms with van der Waals surface area (Å²) < 4.78 is 33.2. The van der Waals surface area contributed by atoms with Gasteiger partial charge in [0.2, 0.25) is 5.91 Å². The van der Waals surface area contributed by atoms with Crippen molar-refractivity contribution in [2.75, 3.05) is 24.5 Å². The van der Waals surface area contributed by atoms with Crippen molar-refractivity contribution >= 4 is 11.6 Å². The predicted octanol–water partition coefficient (Wildman–Crippen LogP) is 1.17. The fourth-order valence-corrected chi connectivity index (χ4v) is 3.24. The highest BCUT2D eigenvalue weighted by Crippen LogP contribution is 2.27. The van der Waals surface area contributed by atoms with Crippen molar-refractivity contribution in [1.29, 1.82) is 0 Å². The summed E-state index contributed by atoms with van der Waals surface area (Å²) in [7, 11) is 0. The van der Waals surface area contributed by atoms with E-state index in [9.17, 15) is 13.6 Å². The van der Waals surface area contributed by atoms with Crippen LogP contribution in [0.2, 0.25) is 0 Å². The molecule has 2 fully saturated rings. The number of benzene rings is 1. The average Bonchev–Trinajstić information content (AvgIpc) is 3.16. The van der Waals surface area contributed by atoms with Crippen LogP contribution in [0.25, 0.3) is 0 Å². The highest BCUT2D eigenvalue weighted by molar-refractivity contribution is 5.81. The van der Waals surface area contributed by atoms with Gasteiger partial charge in [0, 0.05) is 25.7 Å². The van der Waals surface area contributed by atoms with Crippen molar-refractivity contribution in [3.05, 3.63) is 29.8 Å². The summed E-state index contributed by atoms with van der Waals surface area (Å²) in [6, 6.07) is 3.68. The van der Waals surface area contributed by atoms with Crippen molar-refractivity contribution in [3.8, 4) is 0 Å². The average molecular weight is 325 g/mol. The molecule has 23 heavy (non-hydrogen) atoms. The number of hydrogen-bond acceptors (Lipinski definition) is 4. The van der Waals surface area contributed by atoms with Gasteiger partial charge in [0.15, 0.2) is 0 Å². The molecule has 0 aliphatic carbocycles. The van der Waals surface area contributed by atoms with E-state index in [0.29, 0.717) is 32.5 Å². The molecular weight excluding hydrogens is 304 g/mol. The normalized spacial score (nSPS) is 27.4. The molecule has 1 unspecified atom stereocenters. The highest BCUT2D eigenvalue weighted by Gasteiger charge is 2.33. The number of carbonyl (C=O) groups is 1. The third-order valence-electron chi connectivity index (χ3n) is 4.45. The van der Waals surface area contributed by atoms with Crippen molar-refractivity contribution in [1.82, 2.24) is 5.32 Å². The van der Waals surface area contributed by atoms with Gasteiger partial charge in [-0.25, -0.2) is 8.78 Å². The van der Waals surface area contributed by atoms with Crippen LogP contribution in [0.15, 0.2) is 18.2 Å². The molecule has 0 radical (unpaired) electrons. The fraction of sp³-hybridized carbons (Fsp3) is 0.562. The van der Waals surface area contributed by atoms with Crippen LogP contribution in [-0.4, -0.2) is 43.8 Å². The molecule has 2 aliphatic heterocycles. The first kappa shape index (κ1) is 16.1. The first-order valence-electron chi connectivity index (χ1n) is 7.93. The first-order valence-corrected chi connectivity index (χ1v) is 7.93. The number of carbonyl (C=O) groups excluding carboxylic acids is 1. The maximum atomic E-state index is 13.8. The van der Waals surface area contributed by atoms with E-state index in [1.165, 1.54) is 18.2 Å². The Bertz CT molecular complexity index is 564. The molecule has 1 aromatic rings. The fourth-order valence-electron chi connectivity index (χ4n) is 3.24. The van der Waals surface area contributed by atoms with Crippen LogP contribution in [0, 0.1) is 11.6 Å². The molecule has 3 rings (SSSR count). The van der Waals surface area contributed by atoms with Crippen LogP contribution < -0.4 is 16.0 Å². The molecule has 3 N–H and O–H groups in total. The number of halogens is 2. The van der Waals surface area contributed by atoms with Gasteiger partial charge >= 0.3 is 0 Å². The molecule has 126 valence electrons. The second kappa shape index (κ2) is 6.80. The second-order valence-corrected chi connectivity index (χ2v) is 6.07. The number of anilines is 1. The molecule has 1 amide bonds. The lowest BCUT2D eigenvalue weighted by Gasteiger charge is -2.21. The first-order chi connectivity index (χ1) is 11.1. The lowest BCUT2D eigenvalue weighted by Crippen LogP contribution is -2.43. The Hall–Kier alpha value is -1.73. The van der Waals surface area contributed by atoms with E-state index in [2.05, 4.69) is 5.32 Å². The quantitative estimate of drug-likeness (QED) is 0.872. The molecule has 1 aromatic carbocycles. The van der Waals surface area contributed by atoms with E-state index < -0.39 is 17.7 Å². The van der Waals surface area contributed by atoms with Gasteiger partial charge in [-0.3, -0.25) is 4.79 Å². The van der Waals surface area contributed by atoms with E-state index in [1.807, 2.05) is 0 Å². The molecule has 0 saturated carbocycles. The summed E-state index contributed by atoms with van der Waals surface area (Å²) in [5, 5.41) is 2.91. The lowest BCUT2D eigenvalue weighted by atomic mass is 10.1. The summed E-state index contributed by atoms with van der Waals surface area (Å²) in [5.74, 6) is -1.33. The number of nitrogens with one attached hydrogen (secondary N) is 1. The van der Waals surface area contributed by atoms with Gasteiger partial charge in [0.05, 0.1) is 6.10 Å². The smallest absolute Gasteiger partial charge is 0.249 e. The van der Waals surface area contributed by atoms with Gasteiger partial charge in [0.1, 0.15) is 23.4 Å². The number of nitrogens with two attached hydrogens (primary N) is 1. The molecule has 0 bridgehead atoms. The number of rotatable bonds is 4. The number of nitrogens with zero attached hydrogens (tertiary/aromatic N) is 1. The van der Waals surface area contributed by atoms with E-state index in [-0.39, 0.29) is 23.7 Å². The van der Waals surface area contributed by atoms with Crippen LogP contribution in [-0.2, 0) is 9.53 Å². The number of ether oxygens (including phenoxy) is 1. The summed E-state index contributed by atoms with van der Waals surface area (Å²) >= 11 is 0. The van der Waals surface area contributed by atoms with Crippen molar-refractivity contribution in [2.45, 2.75) is 37.5 Å². The molecule has 3 atom stereocenters. The van der Waals surface area contributed by atoms with Crippen molar-refractivity contribution in [3.63, 3.8) is 0 Å². The Morgan fingerprint density at radius 1 is 1.30 bits per heavy atom. The zero-order valence-electron chi connectivity index (χ0n) is 12.8. The summed E-state index contributed by atoms with van der Waals surface area (Å²) in [4.78, 5) is 13.8. The Morgan fingerprint density at radius 3 is 2.70 bits per heavy atom. The summed E-state index contributed by atoms with van der Waals surface area (Å²) in [5.41, 5.74) is 5.51. The molecule has 2 saturated heterocycles. The monoisotopic (exact) mass is 325 g/mol. The minimum atomic E-state index is -0.582. The number of amides is 1. The minimum absolute atomic E-state index is 0.0236. The lowest BCUT2D eigenvalue weighted by molar-refractivity contribution is -0.132. The largest absolute Gasteiger partial charge is 0.365 e. The Morgan fingerprint density at radius 2 is 2.04 bits per heavy atom. The minimum Gasteiger partial charge on any atom is -0.365 e. The third-order valence-corrected chi connectivity index (χ3v) is 4.45. The molecular formula is C16H21F2N3O2. The highest BCUT2D eigenvalue weighted by atomic mass is 19.1. The van der Waals surface area contributed by atoms with Gasteiger partial charge in [-0.1, -0.05) is 6.07 Å². The Balaban J connectivity index is 1.57. The van der Waals surface area contributed by atoms with E-state index in [4.69, 9.17) is 10.5 Å². The Labute approximate surface area is 133 Å². The van der Waals surface area contributed by atoms with E-state index >= 15 is 0 Å². The molecule has 0 spiro atoms. The number of para-hydroxylation sites is 1. The summed E-state index contributed by atoms with van der Waals surface area (Å²) in [6.07, 6.45) is 1.56. The van der Waals surface area contributed by atoms with Crippen LogP contribution in [0.5, 0.6) is 0 Å². The van der Waals surface area contributed by atoms with Gasteiger partial charge < -0.3 is 20.7 Å². The van der Waals surface area contributed by atoms with Crippen LogP contribution in [0.3, 0.4) is 0 Å². The molecule has 0 aromatic heterocycles. The van der Waals surface area contributed by atoms with E-state index in [1.54, 1.807) is 4.90 Å². The van der Waals surface area contributed by atoms with E-state index in [0.717, 1.165) is 6.42 Å². The Kier molecular flexibility index (Phi) is 4.77. The van der Waals surface area contributed by atoms with Crippen molar-refractivity contribution < 1.29 is 18.3 Å². The van der Waals surface area contributed by atoms with Crippen LogP contribution in [0.1, 0.15) is 19.3 Å².